The lowest BCUT2D eigenvalue weighted by molar-refractivity contribution is -0.116. The van der Waals surface area contributed by atoms with Gasteiger partial charge in [-0.25, -0.2) is 0 Å². The van der Waals surface area contributed by atoms with Gasteiger partial charge in [-0.3, -0.25) is 4.79 Å². The summed E-state index contributed by atoms with van der Waals surface area (Å²) in [6.07, 6.45) is 0. The van der Waals surface area contributed by atoms with Gasteiger partial charge in [0, 0.05) is 5.69 Å². The predicted molar refractivity (Wildman–Crippen MR) is 74.6 cm³/mol. The zero-order valence-electron chi connectivity index (χ0n) is 10.6. The van der Waals surface area contributed by atoms with Crippen LogP contribution < -0.4 is 5.32 Å². The van der Waals surface area contributed by atoms with Gasteiger partial charge in [-0.2, -0.15) is 5.26 Å². The molecule has 2 rings (SSSR count). The van der Waals surface area contributed by atoms with Crippen LogP contribution in [-0.2, 0) is 4.79 Å². The second-order valence-electron chi connectivity index (χ2n) is 4.33. The van der Waals surface area contributed by atoms with Crippen molar-refractivity contribution in [3.63, 3.8) is 0 Å². The first kappa shape index (κ1) is 12.8. The molecule has 0 saturated carbocycles. The average Bonchev–Trinajstić information content (AvgIpc) is 2.41. The highest BCUT2D eigenvalue weighted by Crippen LogP contribution is 2.18. The number of anilines is 1. The van der Waals surface area contributed by atoms with Crippen molar-refractivity contribution < 1.29 is 4.79 Å². The van der Waals surface area contributed by atoms with Gasteiger partial charge >= 0.3 is 0 Å². The average molecular weight is 250 g/mol. The van der Waals surface area contributed by atoms with Crippen molar-refractivity contribution in [3.8, 4) is 6.07 Å². The standard InChI is InChI=1S/C16H14N2O/c1-12-6-5-9-14(10-12)18-16(19)15(11-17)13-7-3-2-4-8-13/h2-10,15H,1H3,(H,18,19). The fourth-order valence-corrected chi connectivity index (χ4v) is 1.87. The maximum Gasteiger partial charge on any atom is 0.246 e. The van der Waals surface area contributed by atoms with Crippen molar-refractivity contribution in [2.75, 3.05) is 5.32 Å². The van der Waals surface area contributed by atoms with E-state index in [0.29, 0.717) is 11.3 Å². The zero-order chi connectivity index (χ0) is 13.7. The Morgan fingerprint density at radius 3 is 2.53 bits per heavy atom. The topological polar surface area (TPSA) is 52.9 Å². The molecule has 1 unspecified atom stereocenters. The number of hydrogen-bond acceptors (Lipinski definition) is 2. The van der Waals surface area contributed by atoms with Crippen molar-refractivity contribution in [3.05, 3.63) is 65.7 Å². The van der Waals surface area contributed by atoms with E-state index in [-0.39, 0.29) is 5.91 Å². The quantitative estimate of drug-likeness (QED) is 0.909. The number of hydrogen-bond donors (Lipinski definition) is 1. The maximum absolute atomic E-state index is 12.1. The van der Waals surface area contributed by atoms with Crippen LogP contribution in [0.5, 0.6) is 0 Å². The number of nitrogens with one attached hydrogen (secondary N) is 1. The van der Waals surface area contributed by atoms with Crippen LogP contribution in [0.25, 0.3) is 0 Å². The fraction of sp³-hybridized carbons (Fsp3) is 0.125. The van der Waals surface area contributed by atoms with Gasteiger partial charge in [0.1, 0.15) is 0 Å². The zero-order valence-corrected chi connectivity index (χ0v) is 10.6. The molecule has 1 atom stereocenters. The summed E-state index contributed by atoms with van der Waals surface area (Å²) in [7, 11) is 0. The second kappa shape index (κ2) is 5.83. The van der Waals surface area contributed by atoms with Crippen LogP contribution in [0, 0.1) is 18.3 Å². The molecule has 1 N–H and O–H groups in total. The molecule has 0 bridgehead atoms. The number of amides is 1. The van der Waals surface area contributed by atoms with E-state index in [1.165, 1.54) is 0 Å². The van der Waals surface area contributed by atoms with Crippen LogP contribution >= 0.6 is 0 Å². The molecule has 0 saturated heterocycles. The van der Waals surface area contributed by atoms with E-state index in [0.717, 1.165) is 5.56 Å². The number of aryl methyl sites for hydroxylation is 1. The third kappa shape index (κ3) is 3.20. The normalized spacial score (nSPS) is 11.4. The van der Waals surface area contributed by atoms with Gasteiger partial charge in [0.2, 0.25) is 5.91 Å². The summed E-state index contributed by atoms with van der Waals surface area (Å²) < 4.78 is 0. The minimum absolute atomic E-state index is 0.306. The Morgan fingerprint density at radius 1 is 1.16 bits per heavy atom. The summed E-state index contributed by atoms with van der Waals surface area (Å²) in [5, 5.41) is 11.9. The first-order chi connectivity index (χ1) is 9.20. The lowest BCUT2D eigenvalue weighted by atomic mass is 10.00. The van der Waals surface area contributed by atoms with Crippen LogP contribution in [0.2, 0.25) is 0 Å². The van der Waals surface area contributed by atoms with E-state index < -0.39 is 5.92 Å². The van der Waals surface area contributed by atoms with Crippen LogP contribution in [0.3, 0.4) is 0 Å². The number of nitriles is 1. The smallest absolute Gasteiger partial charge is 0.246 e. The summed E-state index contributed by atoms with van der Waals surface area (Å²) in [4.78, 5) is 12.1. The largest absolute Gasteiger partial charge is 0.325 e. The molecule has 1 amide bonds. The van der Waals surface area contributed by atoms with E-state index in [2.05, 4.69) is 5.32 Å². The molecule has 0 radical (unpaired) electrons. The monoisotopic (exact) mass is 250 g/mol. The van der Waals surface area contributed by atoms with Crippen LogP contribution in [0.15, 0.2) is 54.6 Å². The van der Waals surface area contributed by atoms with Gasteiger partial charge in [0.15, 0.2) is 5.92 Å². The number of benzene rings is 2. The Balaban J connectivity index is 2.17. The lowest BCUT2D eigenvalue weighted by Gasteiger charge is -2.10. The molecule has 94 valence electrons. The number of carbonyl (C=O) groups is 1. The van der Waals surface area contributed by atoms with E-state index in [4.69, 9.17) is 0 Å². The minimum Gasteiger partial charge on any atom is -0.325 e. The van der Waals surface area contributed by atoms with E-state index >= 15 is 0 Å². The molecule has 0 spiro atoms. The van der Waals surface area contributed by atoms with Gasteiger partial charge < -0.3 is 5.32 Å². The highest BCUT2D eigenvalue weighted by atomic mass is 16.1. The van der Waals surface area contributed by atoms with Crippen molar-refractivity contribution in [1.29, 1.82) is 5.26 Å². The van der Waals surface area contributed by atoms with Gasteiger partial charge in [0.05, 0.1) is 6.07 Å². The molecular formula is C16H14N2O. The van der Waals surface area contributed by atoms with Gasteiger partial charge in [-0.1, -0.05) is 42.5 Å². The van der Waals surface area contributed by atoms with Crippen molar-refractivity contribution in [2.45, 2.75) is 12.8 Å². The van der Waals surface area contributed by atoms with Crippen LogP contribution in [0.4, 0.5) is 5.69 Å². The van der Waals surface area contributed by atoms with Crippen molar-refractivity contribution in [2.24, 2.45) is 0 Å². The van der Waals surface area contributed by atoms with Gasteiger partial charge in [-0.15, -0.1) is 0 Å². The Bertz CT molecular complexity index is 614. The molecule has 19 heavy (non-hydrogen) atoms. The summed E-state index contributed by atoms with van der Waals surface area (Å²) in [5.41, 5.74) is 2.47. The first-order valence-electron chi connectivity index (χ1n) is 6.03. The summed E-state index contributed by atoms with van der Waals surface area (Å²) in [6.45, 7) is 1.95. The molecule has 2 aromatic rings. The molecule has 0 heterocycles. The maximum atomic E-state index is 12.1. The fourth-order valence-electron chi connectivity index (χ4n) is 1.87. The predicted octanol–water partition coefficient (Wildman–Crippen LogP) is 3.24. The molecule has 0 aromatic heterocycles. The summed E-state index contributed by atoms with van der Waals surface area (Å²) >= 11 is 0. The highest BCUT2D eigenvalue weighted by Gasteiger charge is 2.19. The van der Waals surface area contributed by atoms with E-state index in [1.54, 1.807) is 12.1 Å². The van der Waals surface area contributed by atoms with Gasteiger partial charge in [-0.05, 0) is 30.2 Å². The summed E-state index contributed by atoms with van der Waals surface area (Å²) in [5.74, 6) is -1.10. The molecule has 0 aliphatic heterocycles. The Labute approximate surface area is 112 Å². The van der Waals surface area contributed by atoms with E-state index in [9.17, 15) is 10.1 Å². The van der Waals surface area contributed by atoms with Crippen molar-refractivity contribution >= 4 is 11.6 Å². The highest BCUT2D eigenvalue weighted by molar-refractivity contribution is 5.97. The SMILES string of the molecule is Cc1cccc(NC(=O)C(C#N)c2ccccc2)c1. The third-order valence-electron chi connectivity index (χ3n) is 2.81. The third-order valence-corrected chi connectivity index (χ3v) is 2.81. The van der Waals surface area contributed by atoms with Crippen LogP contribution in [0.1, 0.15) is 17.0 Å². The van der Waals surface area contributed by atoms with E-state index in [1.807, 2.05) is 55.5 Å². The first-order valence-corrected chi connectivity index (χ1v) is 6.03. The second-order valence-corrected chi connectivity index (χ2v) is 4.33. The Hall–Kier alpha value is -2.60. The number of carbonyl (C=O) groups excluding carboxylic acids is 1. The minimum atomic E-state index is -0.790. The molecule has 0 aliphatic rings. The molecule has 3 heteroatoms. The molecule has 0 aliphatic carbocycles. The Morgan fingerprint density at radius 2 is 1.89 bits per heavy atom. The van der Waals surface area contributed by atoms with Crippen molar-refractivity contribution in [1.82, 2.24) is 0 Å². The van der Waals surface area contributed by atoms with Gasteiger partial charge in [0.25, 0.3) is 0 Å². The number of nitrogens with zero attached hydrogens (tertiary/aromatic N) is 1. The van der Waals surface area contributed by atoms with Crippen LogP contribution in [-0.4, -0.2) is 5.91 Å². The molecule has 3 nitrogen and oxygen atoms in total. The molecular weight excluding hydrogens is 236 g/mol. The Kier molecular flexibility index (Phi) is 3.94. The lowest BCUT2D eigenvalue weighted by Crippen LogP contribution is -2.19. The molecule has 0 fully saturated rings. The molecule has 2 aromatic carbocycles. The summed E-state index contributed by atoms with van der Waals surface area (Å²) in [6, 6.07) is 18.6. The number of rotatable bonds is 3.